The number of benzene rings is 1. The van der Waals surface area contributed by atoms with Crippen LogP contribution in [0.3, 0.4) is 0 Å². The Morgan fingerprint density at radius 3 is 2.47 bits per heavy atom. The van der Waals surface area contributed by atoms with Gasteiger partial charge in [-0.15, -0.1) is 0 Å². The maximum Gasteiger partial charge on any atom is 1.00 e. The maximum atomic E-state index is 13.8. The zero-order valence-corrected chi connectivity index (χ0v) is 25.0. The number of hydrogen-bond donors (Lipinski definition) is 2. The van der Waals surface area contributed by atoms with Gasteiger partial charge in [-0.1, -0.05) is 38.1 Å². The third-order valence-corrected chi connectivity index (χ3v) is 7.24. The summed E-state index contributed by atoms with van der Waals surface area (Å²) in [6.07, 6.45) is 0.808. The Bertz CT molecular complexity index is 1270. The van der Waals surface area contributed by atoms with E-state index in [4.69, 9.17) is 9.72 Å². The smallest absolute Gasteiger partial charge is 0.550 e. The molecule has 2 N–H and O–H groups in total. The van der Waals surface area contributed by atoms with Crippen molar-refractivity contribution in [2.45, 2.75) is 64.4 Å². The molecule has 0 unspecified atom stereocenters. The van der Waals surface area contributed by atoms with E-state index in [1.165, 1.54) is 22.5 Å². The zero-order chi connectivity index (χ0) is 27.5. The van der Waals surface area contributed by atoms with Gasteiger partial charge in [-0.05, 0) is 36.1 Å². The first-order chi connectivity index (χ1) is 17.3. The number of rotatable bonds is 9. The minimum atomic E-state index is -3.73. The molecule has 0 aliphatic carbocycles. The van der Waals surface area contributed by atoms with Crippen LogP contribution in [0.1, 0.15) is 56.4 Å². The second-order valence-corrected chi connectivity index (χ2v) is 11.4. The SMILES string of the molecule is CC(C)c1nc2c(c(-c3ccc(F)cc3)c1/C=C/[C@@H](O)C[C@@H](O)CC(=O)[O-])COC[C@H](C)N2S(C)(=O)=O.[Na+]. The van der Waals surface area contributed by atoms with Crippen molar-refractivity contribution in [1.82, 2.24) is 4.98 Å². The summed E-state index contributed by atoms with van der Waals surface area (Å²) in [6, 6.07) is 5.23. The number of anilines is 1. The van der Waals surface area contributed by atoms with E-state index in [2.05, 4.69) is 0 Å². The summed E-state index contributed by atoms with van der Waals surface area (Å²) in [4.78, 5) is 15.5. The molecule has 0 radical (unpaired) electrons. The van der Waals surface area contributed by atoms with E-state index in [9.17, 15) is 32.9 Å². The Labute approximate surface area is 244 Å². The van der Waals surface area contributed by atoms with E-state index >= 15 is 0 Å². The molecule has 202 valence electrons. The average Bonchev–Trinajstić information content (AvgIpc) is 2.94. The minimum absolute atomic E-state index is 0. The number of sulfonamides is 1. The predicted molar refractivity (Wildman–Crippen MR) is 135 cm³/mol. The number of carbonyl (C=O) groups is 1. The van der Waals surface area contributed by atoms with Crippen molar-refractivity contribution in [3.63, 3.8) is 0 Å². The third-order valence-electron chi connectivity index (χ3n) is 6.00. The van der Waals surface area contributed by atoms with Crippen molar-refractivity contribution in [3.8, 4) is 11.1 Å². The van der Waals surface area contributed by atoms with Crippen molar-refractivity contribution in [3.05, 3.63) is 53.0 Å². The molecule has 2 heterocycles. The molecule has 0 amide bonds. The molecule has 0 bridgehead atoms. The van der Waals surface area contributed by atoms with Crippen LogP contribution in [-0.4, -0.2) is 60.7 Å². The fourth-order valence-corrected chi connectivity index (χ4v) is 5.63. The molecule has 12 heteroatoms. The first kappa shape index (κ1) is 32.4. The molecule has 3 atom stereocenters. The van der Waals surface area contributed by atoms with Crippen LogP contribution in [0.5, 0.6) is 0 Å². The summed E-state index contributed by atoms with van der Waals surface area (Å²) in [7, 11) is -3.73. The van der Waals surface area contributed by atoms with Gasteiger partial charge in [0.05, 0.1) is 43.4 Å². The summed E-state index contributed by atoms with van der Waals surface area (Å²) in [5.74, 6) is -1.81. The quantitative estimate of drug-likeness (QED) is 0.372. The average molecular weight is 559 g/mol. The number of carboxylic acids is 1. The number of fused-ring (bicyclic) bond motifs is 1. The number of carboxylic acid groups (broad SMARTS) is 1. The molecule has 1 aromatic carbocycles. The number of nitrogens with zero attached hydrogens (tertiary/aromatic N) is 2. The molecule has 2 aromatic rings. The Morgan fingerprint density at radius 1 is 1.29 bits per heavy atom. The molecule has 0 saturated heterocycles. The molecular formula is C26H32FN2NaO7S. The van der Waals surface area contributed by atoms with Gasteiger partial charge in [-0.25, -0.2) is 22.1 Å². The number of aliphatic hydroxyl groups excluding tert-OH is 2. The first-order valence-corrected chi connectivity index (χ1v) is 13.8. The summed E-state index contributed by atoms with van der Waals surface area (Å²) in [5.41, 5.74) is 2.78. The van der Waals surface area contributed by atoms with Crippen molar-refractivity contribution in [2.75, 3.05) is 17.2 Å². The molecule has 0 spiro atoms. The van der Waals surface area contributed by atoms with Gasteiger partial charge in [0.15, 0.2) is 0 Å². The van der Waals surface area contributed by atoms with E-state index < -0.39 is 46.5 Å². The summed E-state index contributed by atoms with van der Waals surface area (Å²) in [5, 5.41) is 31.0. The summed E-state index contributed by atoms with van der Waals surface area (Å²) >= 11 is 0. The Balaban J connectivity index is 0.00000507. The molecule has 38 heavy (non-hydrogen) atoms. The van der Waals surface area contributed by atoms with Gasteiger partial charge in [-0.3, -0.25) is 0 Å². The Kier molecular flexibility index (Phi) is 11.5. The van der Waals surface area contributed by atoms with E-state index in [1.807, 2.05) is 13.8 Å². The van der Waals surface area contributed by atoms with Crippen molar-refractivity contribution >= 4 is 27.9 Å². The van der Waals surface area contributed by atoms with Gasteiger partial charge in [0.2, 0.25) is 10.0 Å². The summed E-state index contributed by atoms with van der Waals surface area (Å²) in [6.45, 7) is 5.71. The van der Waals surface area contributed by atoms with E-state index in [0.717, 1.165) is 6.26 Å². The first-order valence-electron chi connectivity index (χ1n) is 11.9. The standard InChI is InChI=1S/C26H33FN2O7S.Na/c1-15(2)25-21(10-9-19(30)11-20(31)12-23(32)33)24(17-5-7-18(27)8-6-17)22-14-36-13-16(3)29(26(22)28-25)37(4,34)35;/h5-10,15-16,19-20,30-31H,11-14H2,1-4H3,(H,32,33);/q;+1/p-1/b10-9+;/t16-,19+,20+;/m0./s1. The molecule has 1 aliphatic rings. The van der Waals surface area contributed by atoms with Crippen LogP contribution in [0.25, 0.3) is 17.2 Å². The number of aliphatic carboxylic acids is 1. The van der Waals surface area contributed by atoms with E-state index in [-0.39, 0.29) is 60.9 Å². The van der Waals surface area contributed by atoms with Gasteiger partial charge in [0.1, 0.15) is 11.6 Å². The van der Waals surface area contributed by atoms with Crippen LogP contribution in [0, 0.1) is 5.82 Å². The molecule has 0 saturated carbocycles. The molecular weight excluding hydrogens is 526 g/mol. The van der Waals surface area contributed by atoms with Gasteiger partial charge < -0.3 is 24.9 Å². The van der Waals surface area contributed by atoms with E-state index in [0.29, 0.717) is 27.9 Å². The second-order valence-electron chi connectivity index (χ2n) is 9.56. The summed E-state index contributed by atoms with van der Waals surface area (Å²) < 4.78 is 46.5. The topological polar surface area (TPSA) is 140 Å². The maximum absolute atomic E-state index is 13.8. The third kappa shape index (κ3) is 7.84. The molecule has 0 fully saturated rings. The van der Waals surface area contributed by atoms with Crippen LogP contribution in [0.4, 0.5) is 10.2 Å². The van der Waals surface area contributed by atoms with Gasteiger partial charge in [0.25, 0.3) is 0 Å². The van der Waals surface area contributed by atoms with Crippen LogP contribution < -0.4 is 39.0 Å². The normalized spacial score (nSPS) is 17.6. The van der Waals surface area contributed by atoms with Gasteiger partial charge in [-0.2, -0.15) is 0 Å². The van der Waals surface area contributed by atoms with Crippen molar-refractivity contribution in [1.29, 1.82) is 0 Å². The Morgan fingerprint density at radius 2 is 1.92 bits per heavy atom. The van der Waals surface area contributed by atoms with Crippen molar-refractivity contribution < 1.29 is 67.2 Å². The van der Waals surface area contributed by atoms with Gasteiger partial charge in [0, 0.05) is 29.9 Å². The van der Waals surface area contributed by atoms with Crippen LogP contribution in [0.2, 0.25) is 0 Å². The number of aliphatic hydroxyl groups is 2. The monoisotopic (exact) mass is 558 g/mol. The minimum Gasteiger partial charge on any atom is -0.550 e. The molecule has 3 rings (SSSR count). The van der Waals surface area contributed by atoms with Crippen molar-refractivity contribution in [2.24, 2.45) is 0 Å². The molecule has 1 aromatic heterocycles. The molecule has 1 aliphatic heterocycles. The number of pyridine rings is 1. The van der Waals surface area contributed by atoms with E-state index in [1.54, 1.807) is 25.1 Å². The largest absolute Gasteiger partial charge is 1.00 e. The number of carbonyl (C=O) groups excluding carboxylic acids is 1. The Hall–Kier alpha value is -1.86. The van der Waals surface area contributed by atoms with Gasteiger partial charge >= 0.3 is 29.6 Å². The number of ether oxygens (including phenoxy) is 1. The number of hydrogen-bond acceptors (Lipinski definition) is 8. The zero-order valence-electron chi connectivity index (χ0n) is 22.2. The fourth-order valence-electron chi connectivity index (χ4n) is 4.45. The molecule has 9 nitrogen and oxygen atoms in total. The van der Waals surface area contributed by atoms with Crippen LogP contribution >= 0.6 is 0 Å². The predicted octanol–water partition coefficient (Wildman–Crippen LogP) is -1.04. The number of aromatic nitrogens is 1. The van der Waals surface area contributed by atoms with Crippen LogP contribution in [0.15, 0.2) is 30.3 Å². The second kappa shape index (κ2) is 13.5. The fraction of sp³-hybridized carbons (Fsp3) is 0.462. The number of halogens is 1. The van der Waals surface area contributed by atoms with Crippen LogP contribution in [-0.2, 0) is 26.2 Å².